The Hall–Kier alpha value is -1.13. The predicted molar refractivity (Wildman–Crippen MR) is 49.7 cm³/mol. The molecule has 1 aromatic carbocycles. The number of nitrogens with zero attached hydrogens (tertiary/aromatic N) is 1. The Bertz CT molecular complexity index is 328. The predicted octanol–water partition coefficient (Wildman–Crippen LogP) is 0.941. The van der Waals surface area contributed by atoms with E-state index in [2.05, 4.69) is 0 Å². The standard InChI is InChI=1S/C8H9ClN2O2/c1-10-5-6-4-7(11(12)13)2-3-8(6)9/h2-4,10H,5H2,1H3/p+1. The van der Waals surface area contributed by atoms with Crippen LogP contribution in [0.15, 0.2) is 18.2 Å². The summed E-state index contributed by atoms with van der Waals surface area (Å²) >= 11 is 5.84. The number of non-ortho nitro benzene ring substituents is 1. The molecule has 13 heavy (non-hydrogen) atoms. The van der Waals surface area contributed by atoms with Gasteiger partial charge in [-0.15, -0.1) is 0 Å². The van der Waals surface area contributed by atoms with Crippen LogP contribution in [-0.4, -0.2) is 12.0 Å². The number of hydrogen-bond acceptors (Lipinski definition) is 2. The van der Waals surface area contributed by atoms with E-state index in [1.807, 2.05) is 12.4 Å². The van der Waals surface area contributed by atoms with Crippen LogP contribution in [0.5, 0.6) is 0 Å². The normalized spacial score (nSPS) is 10.0. The van der Waals surface area contributed by atoms with Crippen molar-refractivity contribution in [1.82, 2.24) is 0 Å². The molecular formula is C8H10ClN2O2+. The summed E-state index contributed by atoms with van der Waals surface area (Å²) in [5, 5.41) is 12.9. The highest BCUT2D eigenvalue weighted by molar-refractivity contribution is 6.31. The molecule has 0 saturated heterocycles. The minimum absolute atomic E-state index is 0.0845. The highest BCUT2D eigenvalue weighted by Gasteiger charge is 2.09. The summed E-state index contributed by atoms with van der Waals surface area (Å²) in [5.74, 6) is 0. The van der Waals surface area contributed by atoms with Gasteiger partial charge in [0.05, 0.1) is 12.0 Å². The SMILES string of the molecule is C[NH2+]Cc1cc([N+](=O)[O-])ccc1Cl. The molecule has 0 unspecified atom stereocenters. The zero-order valence-electron chi connectivity index (χ0n) is 7.16. The molecule has 5 heteroatoms. The smallest absolute Gasteiger partial charge is 0.270 e. The van der Waals surface area contributed by atoms with Gasteiger partial charge in [0, 0.05) is 22.7 Å². The molecule has 2 N–H and O–H groups in total. The molecule has 0 spiro atoms. The molecule has 1 aromatic rings. The molecule has 0 radical (unpaired) electrons. The van der Waals surface area contributed by atoms with E-state index in [1.54, 1.807) is 6.07 Å². The van der Waals surface area contributed by atoms with Crippen LogP contribution in [0.1, 0.15) is 5.56 Å². The van der Waals surface area contributed by atoms with Gasteiger partial charge in [-0.3, -0.25) is 10.1 Å². The Kier molecular flexibility index (Phi) is 3.22. The van der Waals surface area contributed by atoms with Crippen molar-refractivity contribution in [2.24, 2.45) is 0 Å². The number of quaternary nitrogens is 1. The molecule has 4 nitrogen and oxygen atoms in total. The van der Waals surface area contributed by atoms with Gasteiger partial charge in [0.2, 0.25) is 0 Å². The minimum Gasteiger partial charge on any atom is -0.345 e. The number of halogens is 1. The third-order valence-electron chi connectivity index (χ3n) is 1.66. The fourth-order valence-electron chi connectivity index (χ4n) is 1.05. The average molecular weight is 202 g/mol. The zero-order chi connectivity index (χ0) is 9.84. The van der Waals surface area contributed by atoms with E-state index in [9.17, 15) is 10.1 Å². The molecule has 0 saturated carbocycles. The molecule has 0 aliphatic heterocycles. The van der Waals surface area contributed by atoms with Crippen molar-refractivity contribution < 1.29 is 10.2 Å². The van der Waals surface area contributed by atoms with Crippen molar-refractivity contribution in [3.63, 3.8) is 0 Å². The molecule has 70 valence electrons. The highest BCUT2D eigenvalue weighted by atomic mass is 35.5. The summed E-state index contributed by atoms with van der Waals surface area (Å²) < 4.78 is 0. The maximum absolute atomic E-state index is 10.4. The van der Waals surface area contributed by atoms with Crippen LogP contribution < -0.4 is 5.32 Å². The number of nitrogens with two attached hydrogens (primary N) is 1. The van der Waals surface area contributed by atoms with Crippen molar-refractivity contribution in [3.05, 3.63) is 38.9 Å². The fraction of sp³-hybridized carbons (Fsp3) is 0.250. The Morgan fingerprint density at radius 2 is 2.31 bits per heavy atom. The minimum atomic E-state index is -0.421. The molecule has 0 aliphatic rings. The lowest BCUT2D eigenvalue weighted by atomic mass is 10.2. The first-order valence-corrected chi connectivity index (χ1v) is 4.23. The number of nitro benzene ring substituents is 1. The monoisotopic (exact) mass is 201 g/mol. The van der Waals surface area contributed by atoms with E-state index in [-0.39, 0.29) is 5.69 Å². The van der Waals surface area contributed by atoms with E-state index >= 15 is 0 Å². The largest absolute Gasteiger partial charge is 0.345 e. The maximum atomic E-state index is 10.4. The van der Waals surface area contributed by atoms with Gasteiger partial charge in [-0.05, 0) is 6.07 Å². The molecule has 0 aromatic heterocycles. The molecule has 1 rings (SSSR count). The van der Waals surface area contributed by atoms with Crippen LogP contribution >= 0.6 is 11.6 Å². The number of nitro groups is 1. The molecular weight excluding hydrogens is 192 g/mol. The van der Waals surface area contributed by atoms with Gasteiger partial charge in [-0.2, -0.15) is 0 Å². The summed E-state index contributed by atoms with van der Waals surface area (Å²) in [4.78, 5) is 10.00. The van der Waals surface area contributed by atoms with Crippen molar-refractivity contribution in [2.45, 2.75) is 6.54 Å². The van der Waals surface area contributed by atoms with Crippen molar-refractivity contribution in [3.8, 4) is 0 Å². The molecule has 0 atom stereocenters. The summed E-state index contributed by atoms with van der Waals surface area (Å²) in [6, 6.07) is 4.46. The van der Waals surface area contributed by atoms with Crippen LogP contribution in [0.3, 0.4) is 0 Å². The van der Waals surface area contributed by atoms with Gasteiger partial charge in [-0.25, -0.2) is 0 Å². The Morgan fingerprint density at radius 1 is 1.62 bits per heavy atom. The first-order chi connectivity index (χ1) is 6.15. The van der Waals surface area contributed by atoms with Gasteiger partial charge in [0.1, 0.15) is 6.54 Å². The van der Waals surface area contributed by atoms with E-state index in [4.69, 9.17) is 11.6 Å². The summed E-state index contributed by atoms with van der Waals surface area (Å²) in [7, 11) is 1.88. The van der Waals surface area contributed by atoms with Gasteiger partial charge in [-0.1, -0.05) is 11.6 Å². The second kappa shape index (κ2) is 4.20. The van der Waals surface area contributed by atoms with E-state index in [0.717, 1.165) is 5.56 Å². The van der Waals surface area contributed by atoms with Crippen LogP contribution in [0.25, 0.3) is 0 Å². The van der Waals surface area contributed by atoms with Crippen LogP contribution in [0.4, 0.5) is 5.69 Å². The van der Waals surface area contributed by atoms with Crippen LogP contribution in [0.2, 0.25) is 5.02 Å². The van der Waals surface area contributed by atoms with Crippen LogP contribution in [0, 0.1) is 10.1 Å². The Labute approximate surface area is 80.7 Å². The molecule has 0 heterocycles. The molecule has 0 aliphatic carbocycles. The second-order valence-corrected chi connectivity index (χ2v) is 3.05. The van der Waals surface area contributed by atoms with Crippen LogP contribution in [-0.2, 0) is 6.54 Å². The first kappa shape index (κ1) is 9.95. The van der Waals surface area contributed by atoms with Gasteiger partial charge in [0.25, 0.3) is 5.69 Å². The third-order valence-corrected chi connectivity index (χ3v) is 2.03. The number of benzene rings is 1. The summed E-state index contributed by atoms with van der Waals surface area (Å²) in [6.45, 7) is 0.653. The van der Waals surface area contributed by atoms with Gasteiger partial charge >= 0.3 is 0 Å². The fourth-order valence-corrected chi connectivity index (χ4v) is 1.25. The van der Waals surface area contributed by atoms with Gasteiger partial charge < -0.3 is 5.32 Å². The molecule has 0 fully saturated rings. The Morgan fingerprint density at radius 3 is 2.85 bits per heavy atom. The number of hydrogen-bond donors (Lipinski definition) is 1. The Balaban J connectivity index is 3.03. The van der Waals surface area contributed by atoms with Crippen molar-refractivity contribution in [1.29, 1.82) is 0 Å². The first-order valence-electron chi connectivity index (χ1n) is 3.85. The van der Waals surface area contributed by atoms with E-state index in [0.29, 0.717) is 11.6 Å². The van der Waals surface area contributed by atoms with E-state index in [1.165, 1.54) is 12.1 Å². The van der Waals surface area contributed by atoms with E-state index < -0.39 is 4.92 Å². The summed E-state index contributed by atoms with van der Waals surface area (Å²) in [6.07, 6.45) is 0. The van der Waals surface area contributed by atoms with Gasteiger partial charge in [0.15, 0.2) is 0 Å². The lowest BCUT2D eigenvalue weighted by Crippen LogP contribution is -2.77. The maximum Gasteiger partial charge on any atom is 0.270 e. The second-order valence-electron chi connectivity index (χ2n) is 2.65. The zero-order valence-corrected chi connectivity index (χ0v) is 7.91. The summed E-state index contributed by atoms with van der Waals surface area (Å²) in [5.41, 5.74) is 0.875. The van der Waals surface area contributed by atoms with Crippen molar-refractivity contribution in [2.75, 3.05) is 7.05 Å². The average Bonchev–Trinajstić information content (AvgIpc) is 2.08. The highest BCUT2D eigenvalue weighted by Crippen LogP contribution is 2.20. The lowest BCUT2D eigenvalue weighted by Gasteiger charge is -2.00. The molecule has 0 amide bonds. The number of rotatable bonds is 3. The topological polar surface area (TPSA) is 59.8 Å². The quantitative estimate of drug-likeness (QED) is 0.585. The van der Waals surface area contributed by atoms with Crippen molar-refractivity contribution >= 4 is 17.3 Å². The third kappa shape index (κ3) is 2.40. The molecule has 0 bridgehead atoms. The lowest BCUT2D eigenvalue weighted by molar-refractivity contribution is -0.643.